The van der Waals surface area contributed by atoms with Gasteiger partial charge in [0.25, 0.3) is 0 Å². The van der Waals surface area contributed by atoms with Gasteiger partial charge in [0.1, 0.15) is 5.84 Å². The van der Waals surface area contributed by atoms with E-state index in [9.17, 15) is 0 Å². The predicted octanol–water partition coefficient (Wildman–Crippen LogP) is 1.68. The molecule has 1 aliphatic rings. The van der Waals surface area contributed by atoms with Crippen LogP contribution in [0.25, 0.3) is 0 Å². The molecule has 0 amide bonds. The third kappa shape index (κ3) is 4.21. The summed E-state index contributed by atoms with van der Waals surface area (Å²) in [6.07, 6.45) is 3.78. The molecule has 0 bridgehead atoms. The van der Waals surface area contributed by atoms with E-state index in [1.54, 1.807) is 0 Å². The van der Waals surface area contributed by atoms with E-state index in [0.717, 1.165) is 31.6 Å². The van der Waals surface area contributed by atoms with E-state index in [0.29, 0.717) is 6.54 Å². The zero-order valence-corrected chi connectivity index (χ0v) is 11.7. The van der Waals surface area contributed by atoms with Gasteiger partial charge >= 0.3 is 0 Å². The zero-order valence-electron chi connectivity index (χ0n) is 11.7. The van der Waals surface area contributed by atoms with Gasteiger partial charge in [0, 0.05) is 19.7 Å². The maximum atomic E-state index is 8.93. The monoisotopic (exact) mass is 277 g/mol. The van der Waals surface area contributed by atoms with Crippen LogP contribution < -0.4 is 11.1 Å². The lowest BCUT2D eigenvalue weighted by Crippen LogP contribution is -2.37. The van der Waals surface area contributed by atoms with Crippen molar-refractivity contribution in [2.45, 2.75) is 31.3 Å². The summed E-state index contributed by atoms with van der Waals surface area (Å²) >= 11 is 0. The van der Waals surface area contributed by atoms with Gasteiger partial charge in [-0.05, 0) is 24.8 Å². The molecule has 2 unspecified atom stereocenters. The summed E-state index contributed by atoms with van der Waals surface area (Å²) in [5, 5.41) is 15.5. The van der Waals surface area contributed by atoms with Crippen molar-refractivity contribution in [1.82, 2.24) is 5.32 Å². The van der Waals surface area contributed by atoms with Gasteiger partial charge in [-0.15, -0.1) is 0 Å². The molecule has 0 saturated carbocycles. The second-order valence-corrected chi connectivity index (χ2v) is 5.13. The second kappa shape index (κ2) is 7.87. The quantitative estimate of drug-likeness (QED) is 0.320. The summed E-state index contributed by atoms with van der Waals surface area (Å²) in [7, 11) is 0. The fourth-order valence-electron chi connectivity index (χ4n) is 2.51. The summed E-state index contributed by atoms with van der Waals surface area (Å²) in [4.78, 5) is 0. The lowest BCUT2D eigenvalue weighted by atomic mass is 9.98. The Morgan fingerprint density at radius 1 is 1.40 bits per heavy atom. The standard InChI is InChI=1S/C15H23N3O2/c16-15(18-19)14(12-6-2-1-3-7-12)11-17-10-13-8-4-5-9-20-13/h1-3,6-7,13-14,17,19H,4-5,8-11H2,(H2,16,18). The van der Waals surface area contributed by atoms with Crippen LogP contribution in [-0.4, -0.2) is 36.8 Å². The SMILES string of the molecule is NC(=NO)C(CNCC1CCCCO1)c1ccccc1. The van der Waals surface area contributed by atoms with Gasteiger partial charge in [-0.2, -0.15) is 0 Å². The second-order valence-electron chi connectivity index (χ2n) is 5.13. The first-order valence-electron chi connectivity index (χ1n) is 7.16. The van der Waals surface area contributed by atoms with Crippen LogP contribution in [0.2, 0.25) is 0 Å². The van der Waals surface area contributed by atoms with E-state index in [2.05, 4.69) is 10.5 Å². The van der Waals surface area contributed by atoms with Gasteiger partial charge in [0.2, 0.25) is 0 Å². The van der Waals surface area contributed by atoms with E-state index < -0.39 is 0 Å². The molecule has 0 spiro atoms. The molecule has 0 aliphatic carbocycles. The zero-order chi connectivity index (χ0) is 14.2. The Morgan fingerprint density at radius 2 is 2.20 bits per heavy atom. The van der Waals surface area contributed by atoms with E-state index in [1.807, 2.05) is 30.3 Å². The van der Waals surface area contributed by atoms with Gasteiger partial charge in [-0.1, -0.05) is 35.5 Å². The first-order chi connectivity index (χ1) is 9.81. The average molecular weight is 277 g/mol. The van der Waals surface area contributed by atoms with Crippen molar-refractivity contribution in [3.63, 3.8) is 0 Å². The molecule has 2 atom stereocenters. The van der Waals surface area contributed by atoms with Crippen molar-refractivity contribution >= 4 is 5.84 Å². The number of hydrogen-bond donors (Lipinski definition) is 3. The topological polar surface area (TPSA) is 79.9 Å². The molecule has 5 heteroatoms. The van der Waals surface area contributed by atoms with Crippen LogP contribution in [-0.2, 0) is 4.74 Å². The average Bonchev–Trinajstić information content (AvgIpc) is 2.53. The van der Waals surface area contributed by atoms with Gasteiger partial charge in [-0.25, -0.2) is 0 Å². The molecule has 1 saturated heterocycles. The molecule has 0 aromatic heterocycles. The molecule has 5 nitrogen and oxygen atoms in total. The normalized spacial score (nSPS) is 21.6. The molecule has 1 aromatic rings. The predicted molar refractivity (Wildman–Crippen MR) is 79.1 cm³/mol. The Kier molecular flexibility index (Phi) is 5.83. The van der Waals surface area contributed by atoms with Crippen molar-refractivity contribution in [2.24, 2.45) is 10.9 Å². The fraction of sp³-hybridized carbons (Fsp3) is 0.533. The summed E-state index contributed by atoms with van der Waals surface area (Å²) in [5.41, 5.74) is 6.84. The number of nitrogens with one attached hydrogen (secondary N) is 1. The molecule has 1 fully saturated rings. The minimum Gasteiger partial charge on any atom is -0.409 e. The van der Waals surface area contributed by atoms with Crippen LogP contribution in [0.15, 0.2) is 35.5 Å². The van der Waals surface area contributed by atoms with Gasteiger partial charge in [-0.3, -0.25) is 0 Å². The number of benzene rings is 1. The molecule has 110 valence electrons. The lowest BCUT2D eigenvalue weighted by molar-refractivity contribution is 0.0170. The molecular formula is C15H23N3O2. The Balaban J connectivity index is 1.88. The molecule has 1 heterocycles. The van der Waals surface area contributed by atoms with Crippen LogP contribution in [0.5, 0.6) is 0 Å². The summed E-state index contributed by atoms with van der Waals surface area (Å²) in [5.74, 6) is 0.109. The highest BCUT2D eigenvalue weighted by Gasteiger charge is 2.18. The van der Waals surface area contributed by atoms with Crippen molar-refractivity contribution in [2.75, 3.05) is 19.7 Å². The van der Waals surface area contributed by atoms with Crippen LogP contribution in [0.1, 0.15) is 30.7 Å². The van der Waals surface area contributed by atoms with Crippen molar-refractivity contribution < 1.29 is 9.94 Å². The Bertz CT molecular complexity index is 416. The number of nitrogens with zero attached hydrogens (tertiary/aromatic N) is 1. The maximum absolute atomic E-state index is 8.93. The summed E-state index contributed by atoms with van der Waals surface area (Å²) in [6, 6.07) is 9.84. The van der Waals surface area contributed by atoms with Gasteiger partial charge < -0.3 is 21.0 Å². The fourth-order valence-corrected chi connectivity index (χ4v) is 2.51. The van der Waals surface area contributed by atoms with E-state index in [-0.39, 0.29) is 17.9 Å². The first kappa shape index (κ1) is 14.8. The van der Waals surface area contributed by atoms with Crippen LogP contribution in [0.3, 0.4) is 0 Å². The van der Waals surface area contributed by atoms with Crippen LogP contribution in [0.4, 0.5) is 0 Å². The molecule has 0 radical (unpaired) electrons. The number of nitrogens with two attached hydrogens (primary N) is 1. The number of ether oxygens (including phenoxy) is 1. The van der Waals surface area contributed by atoms with E-state index in [4.69, 9.17) is 15.7 Å². The van der Waals surface area contributed by atoms with Crippen LogP contribution in [0, 0.1) is 0 Å². The number of hydrogen-bond acceptors (Lipinski definition) is 4. The summed E-state index contributed by atoms with van der Waals surface area (Å²) in [6.45, 7) is 2.30. The van der Waals surface area contributed by atoms with E-state index >= 15 is 0 Å². The van der Waals surface area contributed by atoms with Crippen molar-refractivity contribution in [3.05, 3.63) is 35.9 Å². The molecular weight excluding hydrogens is 254 g/mol. The Morgan fingerprint density at radius 3 is 2.85 bits per heavy atom. The number of amidine groups is 1. The molecule has 2 rings (SSSR count). The van der Waals surface area contributed by atoms with Crippen molar-refractivity contribution in [1.29, 1.82) is 0 Å². The lowest BCUT2D eigenvalue weighted by Gasteiger charge is -2.24. The highest BCUT2D eigenvalue weighted by molar-refractivity contribution is 5.87. The van der Waals surface area contributed by atoms with Gasteiger partial charge in [0.05, 0.1) is 12.0 Å². The van der Waals surface area contributed by atoms with Crippen LogP contribution >= 0.6 is 0 Å². The van der Waals surface area contributed by atoms with Crippen molar-refractivity contribution in [3.8, 4) is 0 Å². The minimum absolute atomic E-state index is 0.121. The number of oxime groups is 1. The maximum Gasteiger partial charge on any atom is 0.147 e. The highest BCUT2D eigenvalue weighted by atomic mass is 16.5. The van der Waals surface area contributed by atoms with Gasteiger partial charge in [0.15, 0.2) is 0 Å². The third-order valence-corrected chi connectivity index (χ3v) is 3.67. The number of rotatable bonds is 6. The molecule has 20 heavy (non-hydrogen) atoms. The molecule has 1 aliphatic heterocycles. The first-order valence-corrected chi connectivity index (χ1v) is 7.16. The highest BCUT2D eigenvalue weighted by Crippen LogP contribution is 2.16. The summed E-state index contributed by atoms with van der Waals surface area (Å²) < 4.78 is 5.68. The van der Waals surface area contributed by atoms with E-state index in [1.165, 1.54) is 6.42 Å². The molecule has 4 N–H and O–H groups in total. The third-order valence-electron chi connectivity index (χ3n) is 3.67. The Labute approximate surface area is 119 Å². The largest absolute Gasteiger partial charge is 0.409 e. The minimum atomic E-state index is -0.121. The molecule has 1 aromatic carbocycles. The smallest absolute Gasteiger partial charge is 0.147 e. The Hall–Kier alpha value is -1.59.